The van der Waals surface area contributed by atoms with E-state index in [1.165, 1.54) is 0 Å². The van der Waals surface area contributed by atoms with E-state index in [-0.39, 0.29) is 24.4 Å². The van der Waals surface area contributed by atoms with Gasteiger partial charge in [-0.05, 0) is 12.8 Å². The highest BCUT2D eigenvalue weighted by Gasteiger charge is 2.26. The summed E-state index contributed by atoms with van der Waals surface area (Å²) < 4.78 is 39.1. The van der Waals surface area contributed by atoms with Gasteiger partial charge in [0.1, 0.15) is 0 Å². The highest BCUT2D eigenvalue weighted by atomic mass is 19.2. The van der Waals surface area contributed by atoms with Gasteiger partial charge in [-0.25, -0.2) is 8.78 Å². The van der Waals surface area contributed by atoms with Gasteiger partial charge >= 0.3 is 0 Å². The quantitative estimate of drug-likeness (QED) is 0.821. The summed E-state index contributed by atoms with van der Waals surface area (Å²) in [7, 11) is 0. The summed E-state index contributed by atoms with van der Waals surface area (Å²) in [5, 5.41) is 12.0. The zero-order valence-corrected chi connectivity index (χ0v) is 9.80. The standard InChI is InChI=1S/C12H15F3N2O/c13-8-5-9(14)12(17-11(8)15)16-10-4-2-1-3-7(10)6-18/h5,7,10,18H,1-4,6H2,(H,16,17). The highest BCUT2D eigenvalue weighted by Crippen LogP contribution is 2.27. The lowest BCUT2D eigenvalue weighted by Crippen LogP contribution is -2.35. The molecule has 2 rings (SSSR count). The molecule has 0 aromatic carbocycles. The lowest BCUT2D eigenvalue weighted by Gasteiger charge is -2.31. The average molecular weight is 260 g/mol. The summed E-state index contributed by atoms with van der Waals surface area (Å²) in [5.74, 6) is -3.85. The molecule has 1 aliphatic rings. The van der Waals surface area contributed by atoms with Crippen molar-refractivity contribution in [3.8, 4) is 0 Å². The molecule has 0 saturated heterocycles. The van der Waals surface area contributed by atoms with Crippen LogP contribution < -0.4 is 5.32 Å². The molecule has 0 aliphatic heterocycles. The van der Waals surface area contributed by atoms with Crippen molar-refractivity contribution in [3.05, 3.63) is 23.6 Å². The second-order valence-corrected chi connectivity index (χ2v) is 4.57. The molecule has 1 aromatic rings. The molecule has 2 N–H and O–H groups in total. The maximum absolute atomic E-state index is 13.4. The maximum atomic E-state index is 13.4. The molecule has 6 heteroatoms. The van der Waals surface area contributed by atoms with Crippen molar-refractivity contribution in [2.24, 2.45) is 5.92 Å². The third-order valence-electron chi connectivity index (χ3n) is 3.35. The molecule has 3 nitrogen and oxygen atoms in total. The van der Waals surface area contributed by atoms with Crippen molar-refractivity contribution in [1.29, 1.82) is 0 Å². The smallest absolute Gasteiger partial charge is 0.251 e. The number of aliphatic hydroxyl groups is 1. The van der Waals surface area contributed by atoms with Gasteiger partial charge in [0.2, 0.25) is 0 Å². The van der Waals surface area contributed by atoms with Gasteiger partial charge in [-0.1, -0.05) is 12.8 Å². The van der Waals surface area contributed by atoms with Crippen LogP contribution in [0.5, 0.6) is 0 Å². The maximum Gasteiger partial charge on any atom is 0.251 e. The first-order valence-electron chi connectivity index (χ1n) is 6.00. The average Bonchev–Trinajstić information content (AvgIpc) is 2.36. The molecule has 1 heterocycles. The van der Waals surface area contributed by atoms with Gasteiger partial charge < -0.3 is 10.4 Å². The Morgan fingerprint density at radius 1 is 1.22 bits per heavy atom. The number of halogens is 3. The minimum Gasteiger partial charge on any atom is -0.396 e. The molecule has 2 unspecified atom stereocenters. The van der Waals surface area contributed by atoms with E-state index >= 15 is 0 Å². The van der Waals surface area contributed by atoms with Crippen LogP contribution in [0.25, 0.3) is 0 Å². The van der Waals surface area contributed by atoms with Crippen LogP contribution in [0.4, 0.5) is 19.0 Å². The summed E-state index contributed by atoms with van der Waals surface area (Å²) in [5.41, 5.74) is 0. The Kier molecular flexibility index (Phi) is 4.06. The van der Waals surface area contributed by atoms with Crippen molar-refractivity contribution in [3.63, 3.8) is 0 Å². The Hall–Kier alpha value is -1.30. The van der Waals surface area contributed by atoms with E-state index in [9.17, 15) is 18.3 Å². The molecular formula is C12H15F3N2O. The number of pyridine rings is 1. The number of aliphatic hydroxyl groups excluding tert-OH is 1. The van der Waals surface area contributed by atoms with E-state index in [0.717, 1.165) is 25.7 Å². The number of anilines is 1. The zero-order chi connectivity index (χ0) is 13.1. The van der Waals surface area contributed by atoms with E-state index in [4.69, 9.17) is 0 Å². The fourth-order valence-corrected chi connectivity index (χ4v) is 2.34. The molecular weight excluding hydrogens is 245 g/mol. The summed E-state index contributed by atoms with van der Waals surface area (Å²) in [6.07, 6.45) is 3.56. The van der Waals surface area contributed by atoms with E-state index in [1.54, 1.807) is 0 Å². The van der Waals surface area contributed by atoms with E-state index in [1.807, 2.05) is 0 Å². The Labute approximate surface area is 103 Å². The van der Waals surface area contributed by atoms with Gasteiger partial charge in [-0.3, -0.25) is 0 Å². The second kappa shape index (κ2) is 5.56. The van der Waals surface area contributed by atoms with Crippen molar-refractivity contribution in [2.45, 2.75) is 31.7 Å². The SMILES string of the molecule is OCC1CCCCC1Nc1nc(F)c(F)cc1F. The van der Waals surface area contributed by atoms with Crippen LogP contribution in [0.3, 0.4) is 0 Å². The fourth-order valence-electron chi connectivity index (χ4n) is 2.34. The molecule has 0 amide bonds. The van der Waals surface area contributed by atoms with Crippen LogP contribution in [-0.4, -0.2) is 22.7 Å². The Balaban J connectivity index is 2.15. The van der Waals surface area contributed by atoms with Gasteiger partial charge in [-0.15, -0.1) is 0 Å². The van der Waals surface area contributed by atoms with Gasteiger partial charge in [0, 0.05) is 24.6 Å². The number of hydrogen-bond acceptors (Lipinski definition) is 3. The van der Waals surface area contributed by atoms with Crippen molar-refractivity contribution in [1.82, 2.24) is 4.98 Å². The number of rotatable bonds is 3. The topological polar surface area (TPSA) is 45.1 Å². The number of nitrogens with zero attached hydrogens (tertiary/aromatic N) is 1. The molecule has 0 spiro atoms. The highest BCUT2D eigenvalue weighted by molar-refractivity contribution is 5.37. The molecule has 0 bridgehead atoms. The monoisotopic (exact) mass is 260 g/mol. The molecule has 2 atom stereocenters. The van der Waals surface area contributed by atoms with Crippen molar-refractivity contribution in [2.75, 3.05) is 11.9 Å². The Morgan fingerprint density at radius 3 is 2.67 bits per heavy atom. The molecule has 1 aromatic heterocycles. The fraction of sp³-hybridized carbons (Fsp3) is 0.583. The third-order valence-corrected chi connectivity index (χ3v) is 3.35. The van der Waals surface area contributed by atoms with Crippen molar-refractivity contribution >= 4 is 5.82 Å². The first-order valence-corrected chi connectivity index (χ1v) is 6.00. The normalized spacial score (nSPS) is 24.0. The van der Waals surface area contributed by atoms with Crippen LogP contribution in [0.1, 0.15) is 25.7 Å². The summed E-state index contributed by atoms with van der Waals surface area (Å²) >= 11 is 0. The van der Waals surface area contributed by atoms with Crippen molar-refractivity contribution < 1.29 is 18.3 Å². The Morgan fingerprint density at radius 2 is 1.94 bits per heavy atom. The van der Waals surface area contributed by atoms with Crippen LogP contribution in [0.2, 0.25) is 0 Å². The number of aromatic nitrogens is 1. The molecule has 1 fully saturated rings. The first kappa shape index (κ1) is 13.1. The molecule has 1 saturated carbocycles. The minimum atomic E-state index is -1.32. The lowest BCUT2D eigenvalue weighted by atomic mass is 9.85. The largest absolute Gasteiger partial charge is 0.396 e. The van der Waals surface area contributed by atoms with Gasteiger partial charge in [-0.2, -0.15) is 9.37 Å². The summed E-state index contributed by atoms with van der Waals surface area (Å²) in [6.45, 7) is -0.0109. The zero-order valence-electron chi connectivity index (χ0n) is 9.80. The molecule has 18 heavy (non-hydrogen) atoms. The second-order valence-electron chi connectivity index (χ2n) is 4.57. The van der Waals surface area contributed by atoms with E-state index < -0.39 is 17.6 Å². The van der Waals surface area contributed by atoms with E-state index in [2.05, 4.69) is 10.3 Å². The summed E-state index contributed by atoms with van der Waals surface area (Å²) in [6, 6.07) is 0.317. The third kappa shape index (κ3) is 2.75. The van der Waals surface area contributed by atoms with E-state index in [0.29, 0.717) is 6.07 Å². The van der Waals surface area contributed by atoms with Gasteiger partial charge in [0.05, 0.1) is 0 Å². The van der Waals surface area contributed by atoms with Crippen LogP contribution >= 0.6 is 0 Å². The summed E-state index contributed by atoms with van der Waals surface area (Å²) in [4.78, 5) is 3.23. The predicted molar refractivity (Wildman–Crippen MR) is 60.6 cm³/mol. The predicted octanol–water partition coefficient (Wildman–Crippen LogP) is 2.46. The van der Waals surface area contributed by atoms with Crippen LogP contribution in [0, 0.1) is 23.5 Å². The Bertz CT molecular complexity index is 428. The van der Waals surface area contributed by atoms with Gasteiger partial charge in [0.25, 0.3) is 5.95 Å². The van der Waals surface area contributed by atoms with Gasteiger partial charge in [0.15, 0.2) is 17.5 Å². The first-order chi connectivity index (χ1) is 8.61. The minimum absolute atomic E-state index is 0.00642. The molecule has 1 aliphatic carbocycles. The molecule has 0 radical (unpaired) electrons. The number of nitrogens with one attached hydrogen (secondary N) is 1. The lowest BCUT2D eigenvalue weighted by molar-refractivity contribution is 0.177. The van der Waals surface area contributed by atoms with Crippen LogP contribution in [0.15, 0.2) is 6.07 Å². The molecule has 100 valence electrons. The number of hydrogen-bond donors (Lipinski definition) is 2. The van der Waals surface area contributed by atoms with Crippen LogP contribution in [-0.2, 0) is 0 Å².